The van der Waals surface area contributed by atoms with Crippen molar-refractivity contribution in [3.63, 3.8) is 0 Å². The molecular formula is C13H10BrClFNO2S. The summed E-state index contributed by atoms with van der Waals surface area (Å²) in [6.07, 6.45) is 0. The Balaban J connectivity index is 2.22. The smallest absolute Gasteiger partial charge is 0.197 e. The largest absolute Gasteiger partial charge is 0.495 e. The van der Waals surface area contributed by atoms with E-state index < -0.39 is 0 Å². The van der Waals surface area contributed by atoms with Gasteiger partial charge in [-0.3, -0.25) is 4.94 Å². The third kappa shape index (κ3) is 3.50. The van der Waals surface area contributed by atoms with Gasteiger partial charge in [-0.2, -0.15) is 0 Å². The number of nitrogens with one attached hydrogen (secondary N) is 1. The van der Waals surface area contributed by atoms with Gasteiger partial charge in [-0.05, 0) is 40.0 Å². The molecule has 0 aromatic heterocycles. The number of rotatable bonds is 5. The average Bonchev–Trinajstić information content (AvgIpc) is 2.47. The van der Waals surface area contributed by atoms with Gasteiger partial charge in [-0.15, -0.1) is 0 Å². The summed E-state index contributed by atoms with van der Waals surface area (Å²) in [5.74, 6) is 0.616. The number of hydrogen-bond acceptors (Lipinski definition) is 4. The first kappa shape index (κ1) is 15.3. The SMILES string of the molecule is COc1cc(NSc2ccccc2Cl)c(OF)cc1Br. The van der Waals surface area contributed by atoms with Gasteiger partial charge in [0.1, 0.15) is 5.75 Å². The minimum absolute atomic E-state index is 0.0530. The third-order valence-corrected chi connectivity index (χ3v) is 4.40. The number of methoxy groups -OCH3 is 1. The second kappa shape index (κ2) is 7.06. The van der Waals surface area contributed by atoms with Crippen LogP contribution in [0.15, 0.2) is 45.8 Å². The molecule has 0 aliphatic heterocycles. The van der Waals surface area contributed by atoms with Crippen LogP contribution in [0.3, 0.4) is 0 Å². The quantitative estimate of drug-likeness (QED) is 0.697. The van der Waals surface area contributed by atoms with Crippen LogP contribution in [-0.2, 0) is 0 Å². The fourth-order valence-electron chi connectivity index (χ4n) is 1.47. The van der Waals surface area contributed by atoms with Gasteiger partial charge in [0, 0.05) is 21.6 Å². The standard InChI is InChI=1S/C13H10BrClFNO2S/c1-18-11-7-10(12(19-16)6-8(11)14)17-20-13-5-3-2-4-9(13)15/h2-7,17H,1H3. The highest BCUT2D eigenvalue weighted by Gasteiger charge is 2.12. The maximum atomic E-state index is 12.6. The van der Waals surface area contributed by atoms with Gasteiger partial charge in [0.2, 0.25) is 0 Å². The second-order valence-corrected chi connectivity index (χ2v) is 5.80. The van der Waals surface area contributed by atoms with Gasteiger partial charge in [0.05, 0.1) is 22.3 Å². The van der Waals surface area contributed by atoms with Crippen LogP contribution in [0.25, 0.3) is 0 Å². The van der Waals surface area contributed by atoms with Crippen LogP contribution in [-0.4, -0.2) is 7.11 Å². The van der Waals surface area contributed by atoms with E-state index in [0.29, 0.717) is 20.9 Å². The fourth-order valence-corrected chi connectivity index (χ4v) is 2.90. The summed E-state index contributed by atoms with van der Waals surface area (Å²) in [6.45, 7) is 0. The highest BCUT2D eigenvalue weighted by atomic mass is 79.9. The minimum Gasteiger partial charge on any atom is -0.495 e. The highest BCUT2D eigenvalue weighted by Crippen LogP contribution is 2.39. The fraction of sp³-hybridized carbons (Fsp3) is 0.0769. The summed E-state index contributed by atoms with van der Waals surface area (Å²) in [5, 5.41) is 0.608. The van der Waals surface area contributed by atoms with E-state index in [1.54, 1.807) is 12.1 Å². The Morgan fingerprint density at radius 3 is 2.65 bits per heavy atom. The number of anilines is 1. The summed E-state index contributed by atoms with van der Waals surface area (Å²) >= 11 is 10.6. The minimum atomic E-state index is 0.0530. The van der Waals surface area contributed by atoms with E-state index in [1.165, 1.54) is 25.1 Å². The summed E-state index contributed by atoms with van der Waals surface area (Å²) < 4.78 is 21.3. The molecule has 0 saturated heterocycles. The molecule has 0 unspecified atom stereocenters. The van der Waals surface area contributed by atoms with Crippen LogP contribution in [0.2, 0.25) is 5.02 Å². The predicted molar refractivity (Wildman–Crippen MR) is 83.4 cm³/mol. The summed E-state index contributed by atoms with van der Waals surface area (Å²) in [6, 6.07) is 10.4. The molecule has 0 radical (unpaired) electrons. The number of ether oxygens (including phenoxy) is 1. The van der Waals surface area contributed by atoms with Gasteiger partial charge in [-0.1, -0.05) is 23.7 Å². The molecule has 0 heterocycles. The van der Waals surface area contributed by atoms with Crippen LogP contribution in [0.4, 0.5) is 10.2 Å². The van der Waals surface area contributed by atoms with Crippen LogP contribution < -0.4 is 14.4 Å². The summed E-state index contributed by atoms with van der Waals surface area (Å²) in [7, 11) is 1.53. The first-order valence-electron chi connectivity index (χ1n) is 5.49. The van der Waals surface area contributed by atoms with Gasteiger partial charge >= 0.3 is 0 Å². The number of halogens is 3. The van der Waals surface area contributed by atoms with Gasteiger partial charge in [0.15, 0.2) is 5.75 Å². The zero-order valence-electron chi connectivity index (χ0n) is 10.3. The van der Waals surface area contributed by atoms with E-state index in [1.807, 2.05) is 18.2 Å². The lowest BCUT2D eigenvalue weighted by molar-refractivity contribution is -0.00532. The number of benzene rings is 2. The zero-order valence-corrected chi connectivity index (χ0v) is 13.5. The Labute approximate surface area is 133 Å². The van der Waals surface area contributed by atoms with Crippen molar-refractivity contribution in [2.75, 3.05) is 11.8 Å². The molecular weight excluding hydrogens is 369 g/mol. The molecule has 3 nitrogen and oxygen atoms in total. The lowest BCUT2D eigenvalue weighted by atomic mass is 10.3. The molecule has 7 heteroatoms. The molecule has 0 spiro atoms. The van der Waals surface area contributed by atoms with Crippen molar-refractivity contribution in [2.45, 2.75) is 4.90 Å². The van der Waals surface area contributed by atoms with Crippen molar-refractivity contribution >= 4 is 45.2 Å². The van der Waals surface area contributed by atoms with Crippen LogP contribution in [0.5, 0.6) is 11.5 Å². The van der Waals surface area contributed by atoms with Gasteiger partial charge in [-0.25, -0.2) is 0 Å². The summed E-state index contributed by atoms with van der Waals surface area (Å²) in [5.41, 5.74) is 0.442. The van der Waals surface area contributed by atoms with E-state index in [2.05, 4.69) is 25.6 Å². The van der Waals surface area contributed by atoms with Gasteiger partial charge < -0.3 is 9.46 Å². The molecule has 106 valence electrons. The molecule has 0 aliphatic carbocycles. The molecule has 0 bridgehead atoms. The van der Waals surface area contributed by atoms with Gasteiger partial charge in [0.25, 0.3) is 0 Å². The predicted octanol–water partition coefficient (Wildman–Crippen LogP) is 5.49. The van der Waals surface area contributed by atoms with Crippen molar-refractivity contribution in [1.82, 2.24) is 0 Å². The van der Waals surface area contributed by atoms with Crippen molar-refractivity contribution in [1.29, 1.82) is 0 Å². The monoisotopic (exact) mass is 377 g/mol. The molecule has 2 aromatic rings. The van der Waals surface area contributed by atoms with Crippen LogP contribution in [0.1, 0.15) is 0 Å². The van der Waals surface area contributed by atoms with Crippen molar-refractivity contribution in [2.24, 2.45) is 0 Å². The normalized spacial score (nSPS) is 10.2. The number of hydrogen-bond donors (Lipinski definition) is 1. The molecule has 2 aromatic carbocycles. The molecule has 1 N–H and O–H groups in total. The molecule has 0 amide bonds. The second-order valence-electron chi connectivity index (χ2n) is 3.69. The maximum Gasteiger partial charge on any atom is 0.197 e. The topological polar surface area (TPSA) is 30.5 Å². The Hall–Kier alpha value is -1.11. The Kier molecular flexibility index (Phi) is 5.39. The van der Waals surface area contributed by atoms with E-state index in [9.17, 15) is 4.53 Å². The third-order valence-electron chi connectivity index (χ3n) is 2.44. The Bertz CT molecular complexity index is 615. The first-order chi connectivity index (χ1) is 9.65. The van der Waals surface area contributed by atoms with E-state index in [4.69, 9.17) is 16.3 Å². The highest BCUT2D eigenvalue weighted by molar-refractivity contribution is 9.10. The molecule has 2 rings (SSSR count). The molecule has 20 heavy (non-hydrogen) atoms. The zero-order chi connectivity index (χ0) is 14.5. The van der Waals surface area contributed by atoms with Crippen LogP contribution >= 0.6 is 39.5 Å². The molecule has 0 atom stereocenters. The first-order valence-corrected chi connectivity index (χ1v) is 7.48. The van der Waals surface area contributed by atoms with E-state index in [0.717, 1.165) is 4.90 Å². The van der Waals surface area contributed by atoms with Crippen LogP contribution in [0, 0.1) is 0 Å². The maximum absolute atomic E-state index is 12.6. The molecule has 0 aliphatic rings. The van der Waals surface area contributed by atoms with Crippen molar-refractivity contribution < 1.29 is 14.2 Å². The van der Waals surface area contributed by atoms with Crippen molar-refractivity contribution in [3.8, 4) is 11.5 Å². The van der Waals surface area contributed by atoms with E-state index >= 15 is 0 Å². The average molecular weight is 379 g/mol. The Morgan fingerprint density at radius 2 is 2.00 bits per heavy atom. The lowest BCUT2D eigenvalue weighted by Gasteiger charge is -2.12. The molecule has 0 fully saturated rings. The lowest BCUT2D eigenvalue weighted by Crippen LogP contribution is -1.93. The van der Waals surface area contributed by atoms with E-state index in [-0.39, 0.29) is 5.75 Å². The Morgan fingerprint density at radius 1 is 1.25 bits per heavy atom. The molecule has 0 saturated carbocycles. The summed E-state index contributed by atoms with van der Waals surface area (Å²) in [4.78, 5) is 4.67. The van der Waals surface area contributed by atoms with Crippen molar-refractivity contribution in [3.05, 3.63) is 45.9 Å².